The normalized spacial score (nSPS) is 11.7. The maximum absolute atomic E-state index is 12.3. The SMILES string of the molecule is Cc1ccc(C)c(C(C)(C)CC=O)c1OC(=O)CCNC(=O)OC(C)(C)C. The third kappa shape index (κ3) is 7.04. The lowest BCUT2D eigenvalue weighted by atomic mass is 9.78. The molecule has 0 heterocycles. The molecule has 6 nitrogen and oxygen atoms in total. The van der Waals surface area contributed by atoms with Crippen molar-refractivity contribution in [3.63, 3.8) is 0 Å². The third-order valence-corrected chi connectivity index (χ3v) is 4.05. The van der Waals surface area contributed by atoms with E-state index in [0.29, 0.717) is 12.2 Å². The first kappa shape index (κ1) is 22.7. The highest BCUT2D eigenvalue weighted by Gasteiger charge is 2.28. The summed E-state index contributed by atoms with van der Waals surface area (Å²) in [7, 11) is 0. The molecule has 0 aliphatic carbocycles. The molecule has 1 amide bonds. The molecular weight excluding hydrogens is 346 g/mol. The lowest BCUT2D eigenvalue weighted by Gasteiger charge is -2.28. The lowest BCUT2D eigenvalue weighted by molar-refractivity contribution is -0.134. The molecule has 1 aromatic carbocycles. The number of aryl methyl sites for hydroxylation is 2. The van der Waals surface area contributed by atoms with E-state index in [2.05, 4.69) is 5.32 Å². The number of rotatable bonds is 7. The number of carbonyl (C=O) groups is 3. The Hall–Kier alpha value is -2.37. The van der Waals surface area contributed by atoms with Gasteiger partial charge in [0.1, 0.15) is 17.6 Å². The zero-order valence-corrected chi connectivity index (χ0v) is 17.4. The molecule has 0 aliphatic heterocycles. The van der Waals surface area contributed by atoms with Crippen molar-refractivity contribution in [2.45, 2.75) is 72.3 Å². The fourth-order valence-electron chi connectivity index (χ4n) is 2.81. The second kappa shape index (κ2) is 9.02. The molecule has 0 spiro atoms. The van der Waals surface area contributed by atoms with Gasteiger partial charge in [-0.15, -0.1) is 0 Å². The number of aldehydes is 1. The highest BCUT2D eigenvalue weighted by Crippen LogP contribution is 2.38. The second-order valence-electron chi connectivity index (χ2n) is 8.31. The Labute approximate surface area is 161 Å². The van der Waals surface area contributed by atoms with Gasteiger partial charge in [0.2, 0.25) is 0 Å². The number of carbonyl (C=O) groups excluding carboxylic acids is 3. The number of ether oxygens (including phenoxy) is 2. The van der Waals surface area contributed by atoms with Crippen LogP contribution in [0.1, 0.15) is 64.2 Å². The van der Waals surface area contributed by atoms with Gasteiger partial charge >= 0.3 is 12.1 Å². The molecule has 0 saturated carbocycles. The smallest absolute Gasteiger partial charge is 0.407 e. The van der Waals surface area contributed by atoms with Gasteiger partial charge in [-0.1, -0.05) is 26.0 Å². The van der Waals surface area contributed by atoms with Crippen molar-refractivity contribution in [1.29, 1.82) is 0 Å². The first-order chi connectivity index (χ1) is 12.4. The van der Waals surface area contributed by atoms with Crippen molar-refractivity contribution < 1.29 is 23.9 Å². The van der Waals surface area contributed by atoms with Crippen molar-refractivity contribution in [2.75, 3.05) is 6.54 Å². The van der Waals surface area contributed by atoms with Crippen LogP contribution >= 0.6 is 0 Å². The van der Waals surface area contributed by atoms with Crippen molar-refractivity contribution in [2.24, 2.45) is 0 Å². The summed E-state index contributed by atoms with van der Waals surface area (Å²) in [4.78, 5) is 35.0. The van der Waals surface area contributed by atoms with Crippen LogP contribution in [-0.2, 0) is 19.7 Å². The minimum Gasteiger partial charge on any atom is -0.444 e. The number of hydrogen-bond acceptors (Lipinski definition) is 5. The highest BCUT2D eigenvalue weighted by molar-refractivity contribution is 5.75. The number of alkyl carbamates (subject to hydrolysis) is 1. The van der Waals surface area contributed by atoms with Crippen LogP contribution in [0, 0.1) is 13.8 Å². The van der Waals surface area contributed by atoms with E-state index in [-0.39, 0.29) is 13.0 Å². The topological polar surface area (TPSA) is 81.7 Å². The van der Waals surface area contributed by atoms with Gasteiger partial charge in [-0.25, -0.2) is 4.79 Å². The molecule has 0 fully saturated rings. The van der Waals surface area contributed by atoms with Crippen molar-refractivity contribution >= 4 is 18.3 Å². The summed E-state index contributed by atoms with van der Waals surface area (Å²) in [6, 6.07) is 3.84. The van der Waals surface area contributed by atoms with Gasteiger partial charge in [-0.2, -0.15) is 0 Å². The Balaban J connectivity index is 2.84. The minimum atomic E-state index is -0.595. The van der Waals surface area contributed by atoms with Crippen LogP contribution in [0.3, 0.4) is 0 Å². The number of hydrogen-bond donors (Lipinski definition) is 1. The van der Waals surface area contributed by atoms with E-state index >= 15 is 0 Å². The summed E-state index contributed by atoms with van der Waals surface area (Å²) in [5.41, 5.74) is 1.58. The molecular formula is C21H31NO5. The summed E-state index contributed by atoms with van der Waals surface area (Å²) in [5, 5.41) is 2.54. The monoisotopic (exact) mass is 377 g/mol. The molecule has 0 saturated heterocycles. The first-order valence-corrected chi connectivity index (χ1v) is 9.09. The third-order valence-electron chi connectivity index (χ3n) is 4.05. The Morgan fingerprint density at radius 3 is 2.22 bits per heavy atom. The van der Waals surface area contributed by atoms with Gasteiger partial charge in [-0.3, -0.25) is 4.79 Å². The van der Waals surface area contributed by atoms with Crippen LogP contribution in [0.25, 0.3) is 0 Å². The van der Waals surface area contributed by atoms with Crippen molar-refractivity contribution in [3.05, 3.63) is 28.8 Å². The maximum atomic E-state index is 12.3. The fraction of sp³-hybridized carbons (Fsp3) is 0.571. The Morgan fingerprint density at radius 1 is 1.07 bits per heavy atom. The van der Waals surface area contributed by atoms with Gasteiger partial charge < -0.3 is 19.6 Å². The summed E-state index contributed by atoms with van der Waals surface area (Å²) >= 11 is 0. The molecule has 0 atom stereocenters. The molecule has 27 heavy (non-hydrogen) atoms. The molecule has 0 aromatic heterocycles. The van der Waals surface area contributed by atoms with E-state index < -0.39 is 23.1 Å². The second-order valence-corrected chi connectivity index (χ2v) is 8.31. The maximum Gasteiger partial charge on any atom is 0.407 e. The van der Waals surface area contributed by atoms with Gasteiger partial charge in [0.05, 0.1) is 6.42 Å². The van der Waals surface area contributed by atoms with Gasteiger partial charge in [0.15, 0.2) is 0 Å². The predicted octanol–water partition coefficient (Wildman–Crippen LogP) is 3.99. The number of amides is 1. The Bertz CT molecular complexity index is 701. The van der Waals surface area contributed by atoms with Crippen LogP contribution in [0.2, 0.25) is 0 Å². The summed E-state index contributed by atoms with van der Waals surface area (Å²) in [6.07, 6.45) is 0.634. The summed E-state index contributed by atoms with van der Waals surface area (Å²) < 4.78 is 10.8. The standard InChI is InChI=1S/C21H31NO5/c1-14-8-9-15(2)18(17(14)21(6,7)11-13-23)26-16(24)10-12-22-19(25)27-20(3,4)5/h8-9,13H,10-12H2,1-7H3,(H,22,25). The van der Waals surface area contributed by atoms with E-state index in [4.69, 9.17) is 9.47 Å². The van der Waals surface area contributed by atoms with Crippen LogP contribution in [0.5, 0.6) is 5.75 Å². The quantitative estimate of drug-likeness (QED) is 0.441. The molecule has 0 radical (unpaired) electrons. The molecule has 1 rings (SSSR count). The summed E-state index contributed by atoms with van der Waals surface area (Å²) in [5.74, 6) is 0.0343. The number of esters is 1. The van der Waals surface area contributed by atoms with E-state index in [1.807, 2.05) is 39.8 Å². The molecule has 150 valence electrons. The molecule has 1 aromatic rings. The molecule has 1 N–H and O–H groups in total. The molecule has 6 heteroatoms. The summed E-state index contributed by atoms with van der Waals surface area (Å²) in [6.45, 7) is 13.1. The van der Waals surface area contributed by atoms with Gasteiger partial charge in [0.25, 0.3) is 0 Å². The van der Waals surface area contributed by atoms with E-state index in [1.54, 1.807) is 20.8 Å². The fourth-order valence-corrected chi connectivity index (χ4v) is 2.81. The largest absolute Gasteiger partial charge is 0.444 e. The highest BCUT2D eigenvalue weighted by atomic mass is 16.6. The average molecular weight is 377 g/mol. The molecule has 0 unspecified atom stereocenters. The zero-order chi connectivity index (χ0) is 20.8. The van der Waals surface area contributed by atoms with Crippen molar-refractivity contribution in [1.82, 2.24) is 5.32 Å². The molecule has 0 bridgehead atoms. The first-order valence-electron chi connectivity index (χ1n) is 9.09. The number of nitrogens with one attached hydrogen (secondary N) is 1. The van der Waals surface area contributed by atoms with Crippen LogP contribution in [0.4, 0.5) is 4.79 Å². The predicted molar refractivity (Wildman–Crippen MR) is 104 cm³/mol. The van der Waals surface area contributed by atoms with Crippen LogP contribution < -0.4 is 10.1 Å². The van der Waals surface area contributed by atoms with E-state index in [9.17, 15) is 14.4 Å². The Morgan fingerprint density at radius 2 is 1.67 bits per heavy atom. The Kier molecular flexibility index (Phi) is 7.57. The zero-order valence-electron chi connectivity index (χ0n) is 17.4. The van der Waals surface area contributed by atoms with Gasteiger partial charge in [-0.05, 0) is 45.7 Å². The van der Waals surface area contributed by atoms with Crippen LogP contribution in [-0.4, -0.2) is 30.5 Å². The average Bonchev–Trinajstić information content (AvgIpc) is 2.48. The van der Waals surface area contributed by atoms with E-state index in [1.165, 1.54) is 0 Å². The number of benzene rings is 1. The van der Waals surface area contributed by atoms with Gasteiger partial charge in [0, 0.05) is 23.9 Å². The van der Waals surface area contributed by atoms with Crippen LogP contribution in [0.15, 0.2) is 12.1 Å². The lowest BCUT2D eigenvalue weighted by Crippen LogP contribution is -2.34. The minimum absolute atomic E-state index is 0.0141. The molecule has 0 aliphatic rings. The van der Waals surface area contributed by atoms with E-state index in [0.717, 1.165) is 23.0 Å². The van der Waals surface area contributed by atoms with Crippen molar-refractivity contribution in [3.8, 4) is 5.75 Å².